The van der Waals surface area contributed by atoms with Gasteiger partial charge in [0.1, 0.15) is 0 Å². The van der Waals surface area contributed by atoms with Crippen molar-refractivity contribution in [3.05, 3.63) is 11.6 Å². The monoisotopic (exact) mass is 561 g/mol. The molecule has 0 amide bonds. The molecule has 2 fully saturated rings. The largest absolute Gasteiger partial charge is 0.385 e. The molecular weight excluding hydrogens is 488 g/mol. The fraction of sp³-hybridized carbons (Fsp3) is 0.947. The van der Waals surface area contributed by atoms with E-state index in [1.54, 1.807) is 5.57 Å². The number of rotatable bonds is 22. The summed E-state index contributed by atoms with van der Waals surface area (Å²) >= 11 is 0. The molecule has 5 unspecified atom stereocenters. The van der Waals surface area contributed by atoms with E-state index in [2.05, 4.69) is 19.9 Å². The van der Waals surface area contributed by atoms with Gasteiger partial charge in [0.15, 0.2) is 0 Å². The van der Waals surface area contributed by atoms with Crippen molar-refractivity contribution in [3.8, 4) is 0 Å². The fourth-order valence-electron chi connectivity index (χ4n) is 8.20. The molecule has 5 atom stereocenters. The summed E-state index contributed by atoms with van der Waals surface area (Å²) in [4.78, 5) is 0. The van der Waals surface area contributed by atoms with Crippen LogP contribution in [0.4, 0.5) is 0 Å². The topological polar surface area (TPSA) is 18.5 Å². The summed E-state index contributed by atoms with van der Waals surface area (Å²) in [6.07, 6.45) is 38.3. The predicted octanol–water partition coefficient (Wildman–Crippen LogP) is 12.1. The number of ether oxygens (including phenoxy) is 2. The van der Waals surface area contributed by atoms with E-state index in [9.17, 15) is 0 Å². The maximum Gasteiger partial charge on any atom is 0.0527 e. The minimum atomic E-state index is 0.670. The molecule has 2 aliphatic rings. The lowest BCUT2D eigenvalue weighted by Gasteiger charge is -2.44. The SMILES string of the molecule is CCCCCCC1CCC(CCCCCCCCOC)C(/C=C2\CCCCCCC2COC)C1CCCCCC. The maximum absolute atomic E-state index is 5.82. The van der Waals surface area contributed by atoms with Crippen LogP contribution in [-0.2, 0) is 9.47 Å². The van der Waals surface area contributed by atoms with Gasteiger partial charge in [0.2, 0.25) is 0 Å². The second-order valence-corrected chi connectivity index (χ2v) is 13.8. The molecule has 2 heteroatoms. The van der Waals surface area contributed by atoms with Crippen LogP contribution < -0.4 is 0 Å². The van der Waals surface area contributed by atoms with E-state index in [4.69, 9.17) is 9.47 Å². The zero-order valence-electron chi connectivity index (χ0n) is 27.9. The van der Waals surface area contributed by atoms with Gasteiger partial charge in [-0.15, -0.1) is 0 Å². The Bertz CT molecular complexity index is 598. The van der Waals surface area contributed by atoms with Crippen molar-refractivity contribution in [1.29, 1.82) is 0 Å². The fourth-order valence-corrected chi connectivity index (χ4v) is 8.20. The molecule has 0 aromatic rings. The van der Waals surface area contributed by atoms with Gasteiger partial charge in [0.25, 0.3) is 0 Å². The highest BCUT2D eigenvalue weighted by molar-refractivity contribution is 5.13. The normalized spacial score (nSPS) is 27.1. The first-order valence-corrected chi connectivity index (χ1v) is 18.4. The summed E-state index contributed by atoms with van der Waals surface area (Å²) in [5, 5.41) is 0. The molecule has 0 heterocycles. The van der Waals surface area contributed by atoms with Gasteiger partial charge in [-0.2, -0.15) is 0 Å². The van der Waals surface area contributed by atoms with Crippen molar-refractivity contribution in [1.82, 2.24) is 0 Å². The van der Waals surface area contributed by atoms with E-state index in [0.29, 0.717) is 5.92 Å². The molecule has 2 nitrogen and oxygen atoms in total. The smallest absolute Gasteiger partial charge is 0.0527 e. The Morgan fingerprint density at radius 2 is 1.20 bits per heavy atom. The van der Waals surface area contributed by atoms with Crippen LogP contribution in [0.3, 0.4) is 0 Å². The highest BCUT2D eigenvalue weighted by Gasteiger charge is 2.37. The third-order valence-electron chi connectivity index (χ3n) is 10.6. The van der Waals surface area contributed by atoms with Crippen molar-refractivity contribution < 1.29 is 9.47 Å². The number of unbranched alkanes of at least 4 members (excludes halogenated alkanes) is 11. The highest BCUT2D eigenvalue weighted by Crippen LogP contribution is 2.47. The van der Waals surface area contributed by atoms with E-state index < -0.39 is 0 Å². The van der Waals surface area contributed by atoms with Gasteiger partial charge in [0, 0.05) is 26.7 Å². The Kier molecular flexibility index (Phi) is 21.6. The van der Waals surface area contributed by atoms with E-state index >= 15 is 0 Å². The van der Waals surface area contributed by atoms with Crippen molar-refractivity contribution in [2.45, 2.75) is 174 Å². The van der Waals surface area contributed by atoms with Crippen LogP contribution >= 0.6 is 0 Å². The molecule has 0 spiro atoms. The first-order valence-electron chi connectivity index (χ1n) is 18.4. The summed E-state index contributed by atoms with van der Waals surface area (Å²) in [6.45, 7) is 6.59. The van der Waals surface area contributed by atoms with Crippen LogP contribution in [0.2, 0.25) is 0 Å². The maximum atomic E-state index is 5.82. The number of allylic oxidation sites excluding steroid dienone is 1. The van der Waals surface area contributed by atoms with E-state index in [1.165, 1.54) is 161 Å². The van der Waals surface area contributed by atoms with Gasteiger partial charge in [-0.05, 0) is 75.0 Å². The molecule has 0 saturated heterocycles. The molecule has 0 bridgehead atoms. The number of hydrogen-bond donors (Lipinski definition) is 0. The van der Waals surface area contributed by atoms with Gasteiger partial charge in [-0.1, -0.05) is 135 Å². The Hall–Kier alpha value is -0.340. The zero-order valence-corrected chi connectivity index (χ0v) is 27.9. The molecule has 2 aliphatic carbocycles. The van der Waals surface area contributed by atoms with Crippen LogP contribution in [0, 0.1) is 29.6 Å². The Morgan fingerprint density at radius 1 is 0.600 bits per heavy atom. The minimum Gasteiger partial charge on any atom is -0.385 e. The average Bonchev–Trinajstić information content (AvgIpc) is 2.95. The summed E-state index contributed by atoms with van der Waals surface area (Å²) in [6, 6.07) is 0. The van der Waals surface area contributed by atoms with Gasteiger partial charge >= 0.3 is 0 Å². The lowest BCUT2D eigenvalue weighted by atomic mass is 9.61. The highest BCUT2D eigenvalue weighted by atomic mass is 16.5. The molecule has 0 aromatic heterocycles. The second kappa shape index (κ2) is 24.1. The lowest BCUT2D eigenvalue weighted by Crippen LogP contribution is -2.34. The third-order valence-corrected chi connectivity index (χ3v) is 10.6. The van der Waals surface area contributed by atoms with E-state index in [1.807, 2.05) is 14.2 Å². The van der Waals surface area contributed by atoms with Gasteiger partial charge < -0.3 is 9.47 Å². The lowest BCUT2D eigenvalue weighted by molar-refractivity contribution is 0.0936. The van der Waals surface area contributed by atoms with Gasteiger partial charge in [-0.3, -0.25) is 0 Å². The summed E-state index contributed by atoms with van der Waals surface area (Å²) in [7, 11) is 3.76. The molecule has 40 heavy (non-hydrogen) atoms. The molecule has 0 N–H and O–H groups in total. The van der Waals surface area contributed by atoms with Crippen LogP contribution in [0.15, 0.2) is 11.6 Å². The van der Waals surface area contributed by atoms with Crippen LogP contribution in [-0.4, -0.2) is 27.4 Å². The van der Waals surface area contributed by atoms with Crippen molar-refractivity contribution >= 4 is 0 Å². The summed E-state index contributed by atoms with van der Waals surface area (Å²) in [5.41, 5.74) is 1.81. The van der Waals surface area contributed by atoms with Crippen molar-refractivity contribution in [2.75, 3.05) is 27.4 Å². The Labute approximate surface area is 252 Å². The predicted molar refractivity (Wildman–Crippen MR) is 176 cm³/mol. The van der Waals surface area contributed by atoms with Crippen LogP contribution in [0.1, 0.15) is 174 Å². The van der Waals surface area contributed by atoms with Gasteiger partial charge in [-0.25, -0.2) is 0 Å². The third kappa shape index (κ3) is 14.7. The zero-order chi connectivity index (χ0) is 28.7. The minimum absolute atomic E-state index is 0.670. The standard InChI is InChI=1S/C38H72O2/c1-5-7-9-17-23-33-28-29-34(24-18-13-11-12-16-22-30-39-3)38(37(33)27-21-10-8-6-2)31-35-25-19-14-15-20-26-36(35)32-40-4/h31,33-34,36-38H,5-30,32H2,1-4H3/b35-31+. The van der Waals surface area contributed by atoms with E-state index in [0.717, 1.165) is 36.9 Å². The Morgan fingerprint density at radius 3 is 1.90 bits per heavy atom. The van der Waals surface area contributed by atoms with Crippen molar-refractivity contribution in [3.63, 3.8) is 0 Å². The molecule has 236 valence electrons. The summed E-state index contributed by atoms with van der Waals surface area (Å²) in [5.74, 6) is 4.29. The molecule has 0 radical (unpaired) electrons. The molecule has 2 saturated carbocycles. The van der Waals surface area contributed by atoms with Gasteiger partial charge in [0.05, 0.1) is 6.61 Å². The van der Waals surface area contributed by atoms with Crippen LogP contribution in [0.5, 0.6) is 0 Å². The Balaban J connectivity index is 2.18. The molecular formula is C38H72O2. The van der Waals surface area contributed by atoms with Crippen molar-refractivity contribution in [2.24, 2.45) is 29.6 Å². The first kappa shape index (κ1) is 35.9. The molecule has 0 aliphatic heterocycles. The summed E-state index contributed by atoms with van der Waals surface area (Å²) < 4.78 is 11.1. The molecule has 2 rings (SSSR count). The van der Waals surface area contributed by atoms with Crippen LogP contribution in [0.25, 0.3) is 0 Å². The first-order chi connectivity index (χ1) is 19.7. The number of methoxy groups -OCH3 is 2. The molecule has 0 aromatic carbocycles. The number of hydrogen-bond acceptors (Lipinski definition) is 2. The van der Waals surface area contributed by atoms with E-state index in [-0.39, 0.29) is 0 Å². The quantitative estimate of drug-likeness (QED) is 0.0968. The average molecular weight is 561 g/mol. The second-order valence-electron chi connectivity index (χ2n) is 13.8.